The lowest BCUT2D eigenvalue weighted by Gasteiger charge is -2.31. The van der Waals surface area contributed by atoms with Crippen LogP contribution in [0.15, 0.2) is 47.6 Å². The first-order chi connectivity index (χ1) is 13.4. The number of hydrogen-bond donors (Lipinski definition) is 1. The Kier molecular flexibility index (Phi) is 6.81. The topological polar surface area (TPSA) is 44.7 Å². The number of amides is 1. The van der Waals surface area contributed by atoms with Crippen molar-refractivity contribution in [2.24, 2.45) is 11.0 Å². The Morgan fingerprint density at radius 2 is 1.89 bits per heavy atom. The molecular formula is C22H25ClFN3O. The number of nitrogens with one attached hydrogen (secondary N) is 1. The molecule has 1 saturated heterocycles. The van der Waals surface area contributed by atoms with Gasteiger partial charge in [-0.1, -0.05) is 47.5 Å². The van der Waals surface area contributed by atoms with E-state index in [0.29, 0.717) is 11.6 Å². The molecule has 0 aliphatic carbocycles. The van der Waals surface area contributed by atoms with Crippen LogP contribution < -0.4 is 5.43 Å². The summed E-state index contributed by atoms with van der Waals surface area (Å²) in [5, 5.41) is 4.70. The Hall–Kier alpha value is -2.24. The molecule has 2 aromatic carbocycles. The maximum Gasteiger partial charge on any atom is 0.243 e. The van der Waals surface area contributed by atoms with Crippen LogP contribution in [0.2, 0.25) is 5.02 Å². The van der Waals surface area contributed by atoms with Crippen LogP contribution in [-0.2, 0) is 11.3 Å². The van der Waals surface area contributed by atoms with Gasteiger partial charge in [0.2, 0.25) is 5.91 Å². The average molecular weight is 402 g/mol. The molecule has 1 aliphatic heterocycles. The van der Waals surface area contributed by atoms with Crippen molar-refractivity contribution in [2.45, 2.75) is 33.2 Å². The molecule has 1 aliphatic rings. The van der Waals surface area contributed by atoms with Gasteiger partial charge in [-0.15, -0.1) is 0 Å². The number of hydrogen-bond acceptors (Lipinski definition) is 3. The standard InChI is InChI=1S/C22H25ClFN3O/c1-15-3-5-17(6-4-15)16(2)25-26-22(28)18-9-11-27(12-10-18)14-19-7-8-20(24)13-21(19)23/h3-8,13,18H,9-12,14H2,1-2H3,(H,26,28). The van der Waals surface area contributed by atoms with Crippen LogP contribution >= 0.6 is 11.6 Å². The van der Waals surface area contributed by atoms with Gasteiger partial charge in [0.15, 0.2) is 0 Å². The van der Waals surface area contributed by atoms with Crippen molar-refractivity contribution in [3.63, 3.8) is 0 Å². The highest BCUT2D eigenvalue weighted by atomic mass is 35.5. The van der Waals surface area contributed by atoms with Crippen molar-refractivity contribution < 1.29 is 9.18 Å². The van der Waals surface area contributed by atoms with Gasteiger partial charge in [-0.05, 0) is 63.0 Å². The number of rotatable bonds is 5. The van der Waals surface area contributed by atoms with E-state index in [4.69, 9.17) is 11.6 Å². The number of aryl methyl sites for hydroxylation is 1. The van der Waals surface area contributed by atoms with Crippen molar-refractivity contribution >= 4 is 23.2 Å². The second kappa shape index (κ2) is 9.30. The molecule has 0 bridgehead atoms. The molecule has 2 aromatic rings. The number of likely N-dealkylation sites (tertiary alicyclic amines) is 1. The van der Waals surface area contributed by atoms with Crippen LogP contribution in [0.3, 0.4) is 0 Å². The molecule has 1 fully saturated rings. The van der Waals surface area contributed by atoms with Gasteiger partial charge in [0, 0.05) is 17.5 Å². The van der Waals surface area contributed by atoms with E-state index >= 15 is 0 Å². The van der Waals surface area contributed by atoms with E-state index in [1.807, 2.05) is 38.1 Å². The van der Waals surface area contributed by atoms with E-state index in [0.717, 1.165) is 42.8 Å². The van der Waals surface area contributed by atoms with Crippen molar-refractivity contribution in [3.8, 4) is 0 Å². The molecule has 0 spiro atoms. The number of carbonyl (C=O) groups excluding carboxylic acids is 1. The number of hydrazone groups is 1. The Balaban J connectivity index is 1.49. The first-order valence-corrected chi connectivity index (χ1v) is 9.87. The van der Waals surface area contributed by atoms with E-state index in [1.54, 1.807) is 6.07 Å². The van der Waals surface area contributed by atoms with Crippen molar-refractivity contribution in [1.29, 1.82) is 0 Å². The number of carbonyl (C=O) groups is 1. The number of nitrogens with zero attached hydrogens (tertiary/aromatic N) is 2. The Bertz CT molecular complexity index is 859. The minimum atomic E-state index is -0.328. The van der Waals surface area contributed by atoms with Gasteiger partial charge in [-0.25, -0.2) is 9.82 Å². The minimum absolute atomic E-state index is 0.0362. The highest BCUT2D eigenvalue weighted by Crippen LogP contribution is 2.23. The molecule has 0 radical (unpaired) electrons. The second-order valence-corrected chi connectivity index (χ2v) is 7.73. The highest BCUT2D eigenvalue weighted by Gasteiger charge is 2.25. The second-order valence-electron chi connectivity index (χ2n) is 7.33. The molecular weight excluding hydrogens is 377 g/mol. The summed E-state index contributed by atoms with van der Waals surface area (Å²) in [5.74, 6) is -0.411. The summed E-state index contributed by atoms with van der Waals surface area (Å²) in [4.78, 5) is 14.7. The maximum absolute atomic E-state index is 13.2. The molecule has 1 amide bonds. The van der Waals surface area contributed by atoms with Crippen molar-refractivity contribution in [2.75, 3.05) is 13.1 Å². The van der Waals surface area contributed by atoms with Gasteiger partial charge >= 0.3 is 0 Å². The Morgan fingerprint density at radius 1 is 1.21 bits per heavy atom. The molecule has 1 heterocycles. The van der Waals surface area contributed by atoms with E-state index in [2.05, 4.69) is 15.4 Å². The third kappa shape index (κ3) is 5.40. The van der Waals surface area contributed by atoms with Crippen LogP contribution in [0.4, 0.5) is 4.39 Å². The molecule has 0 atom stereocenters. The summed E-state index contributed by atoms with van der Waals surface area (Å²) in [5.41, 5.74) is 6.59. The summed E-state index contributed by atoms with van der Waals surface area (Å²) in [6.07, 6.45) is 1.54. The molecule has 4 nitrogen and oxygen atoms in total. The van der Waals surface area contributed by atoms with Crippen LogP contribution in [0.1, 0.15) is 36.5 Å². The lowest BCUT2D eigenvalue weighted by molar-refractivity contribution is -0.126. The van der Waals surface area contributed by atoms with E-state index < -0.39 is 0 Å². The summed E-state index contributed by atoms with van der Waals surface area (Å²) >= 11 is 6.11. The maximum atomic E-state index is 13.2. The predicted molar refractivity (Wildman–Crippen MR) is 111 cm³/mol. The molecule has 3 rings (SSSR count). The lowest BCUT2D eigenvalue weighted by atomic mass is 9.96. The van der Waals surface area contributed by atoms with Crippen molar-refractivity contribution in [3.05, 3.63) is 70.0 Å². The number of piperidine rings is 1. The molecule has 6 heteroatoms. The fourth-order valence-corrected chi connectivity index (χ4v) is 3.56. The van der Waals surface area contributed by atoms with Gasteiger partial charge < -0.3 is 0 Å². The molecule has 0 unspecified atom stereocenters. The zero-order chi connectivity index (χ0) is 20.1. The Labute approximate surface area is 170 Å². The molecule has 1 N–H and O–H groups in total. The fourth-order valence-electron chi connectivity index (χ4n) is 3.33. The first kappa shape index (κ1) is 20.5. The van der Waals surface area contributed by atoms with Gasteiger partial charge in [-0.2, -0.15) is 5.10 Å². The summed E-state index contributed by atoms with van der Waals surface area (Å²) in [6.45, 7) is 6.19. The molecule has 0 saturated carbocycles. The van der Waals surface area contributed by atoms with Gasteiger partial charge in [0.1, 0.15) is 5.82 Å². The largest absolute Gasteiger partial charge is 0.299 e. The predicted octanol–water partition coefficient (Wildman–Crippen LogP) is 4.54. The third-order valence-corrected chi connectivity index (χ3v) is 5.52. The summed E-state index contributed by atoms with van der Waals surface area (Å²) in [6, 6.07) is 12.5. The SMILES string of the molecule is CC(=NNC(=O)C1CCN(Cc2ccc(F)cc2Cl)CC1)c1ccc(C)cc1. The molecule has 28 heavy (non-hydrogen) atoms. The number of benzene rings is 2. The lowest BCUT2D eigenvalue weighted by Crippen LogP contribution is -2.39. The quantitative estimate of drug-likeness (QED) is 0.590. The fraction of sp³-hybridized carbons (Fsp3) is 0.364. The summed E-state index contributed by atoms with van der Waals surface area (Å²) in [7, 11) is 0. The van der Waals surface area contributed by atoms with Crippen LogP contribution in [0, 0.1) is 18.7 Å². The smallest absolute Gasteiger partial charge is 0.243 e. The van der Waals surface area contributed by atoms with E-state index in [1.165, 1.54) is 17.7 Å². The monoisotopic (exact) mass is 401 g/mol. The van der Waals surface area contributed by atoms with Gasteiger partial charge in [-0.3, -0.25) is 9.69 Å². The van der Waals surface area contributed by atoms with Crippen molar-refractivity contribution in [1.82, 2.24) is 10.3 Å². The zero-order valence-electron chi connectivity index (χ0n) is 16.2. The van der Waals surface area contributed by atoms with Gasteiger partial charge in [0.25, 0.3) is 0 Å². The van der Waals surface area contributed by atoms with Gasteiger partial charge in [0.05, 0.1) is 5.71 Å². The first-order valence-electron chi connectivity index (χ1n) is 9.50. The van der Waals surface area contributed by atoms with Crippen LogP contribution in [0.25, 0.3) is 0 Å². The summed E-state index contributed by atoms with van der Waals surface area (Å²) < 4.78 is 13.2. The van der Waals surface area contributed by atoms with E-state index in [9.17, 15) is 9.18 Å². The average Bonchev–Trinajstić information content (AvgIpc) is 2.69. The molecule has 148 valence electrons. The van der Waals surface area contributed by atoms with E-state index in [-0.39, 0.29) is 17.6 Å². The Morgan fingerprint density at radius 3 is 2.54 bits per heavy atom. The highest BCUT2D eigenvalue weighted by molar-refractivity contribution is 6.31. The normalized spacial score (nSPS) is 16.2. The zero-order valence-corrected chi connectivity index (χ0v) is 17.0. The third-order valence-electron chi connectivity index (χ3n) is 5.17. The molecule has 0 aromatic heterocycles. The minimum Gasteiger partial charge on any atom is -0.299 e. The van der Waals surface area contributed by atoms with Crippen LogP contribution in [0.5, 0.6) is 0 Å². The van der Waals surface area contributed by atoms with Crippen LogP contribution in [-0.4, -0.2) is 29.6 Å². The number of halogens is 2.